The first-order valence-corrected chi connectivity index (χ1v) is 10.1. The molecule has 1 N–H and O–H groups in total. The van der Waals surface area contributed by atoms with Gasteiger partial charge < -0.3 is 10.2 Å². The fourth-order valence-electron chi connectivity index (χ4n) is 3.90. The van der Waals surface area contributed by atoms with Gasteiger partial charge in [0.25, 0.3) is 5.91 Å². The van der Waals surface area contributed by atoms with E-state index in [0.29, 0.717) is 12.1 Å². The van der Waals surface area contributed by atoms with Gasteiger partial charge in [0, 0.05) is 12.2 Å². The Hall–Kier alpha value is -3.47. The van der Waals surface area contributed by atoms with Crippen molar-refractivity contribution in [2.75, 3.05) is 11.4 Å². The van der Waals surface area contributed by atoms with E-state index in [1.54, 1.807) is 17.0 Å². The summed E-state index contributed by atoms with van der Waals surface area (Å²) in [5.74, 6) is -0.880. The molecule has 0 fully saturated rings. The first-order valence-electron chi connectivity index (χ1n) is 10.1. The lowest BCUT2D eigenvalue weighted by Crippen LogP contribution is -2.45. The SMILES string of the molecule is O=C(Cc1cccc(F)c1)N[C@H](C(=O)N1CCCc2ccccc21)c1ccccc1. The third-order valence-electron chi connectivity index (χ3n) is 5.32. The highest BCUT2D eigenvalue weighted by Gasteiger charge is 2.30. The molecule has 0 aliphatic carbocycles. The first kappa shape index (κ1) is 19.8. The summed E-state index contributed by atoms with van der Waals surface area (Å²) in [4.78, 5) is 28.1. The van der Waals surface area contributed by atoms with Crippen LogP contribution in [0.2, 0.25) is 0 Å². The highest BCUT2D eigenvalue weighted by Crippen LogP contribution is 2.29. The molecule has 1 aliphatic rings. The maximum absolute atomic E-state index is 13.6. The summed E-state index contributed by atoms with van der Waals surface area (Å²) >= 11 is 0. The lowest BCUT2D eigenvalue weighted by molar-refractivity contribution is -0.127. The second-order valence-electron chi connectivity index (χ2n) is 7.44. The predicted molar refractivity (Wildman–Crippen MR) is 115 cm³/mol. The van der Waals surface area contributed by atoms with Crippen molar-refractivity contribution in [3.63, 3.8) is 0 Å². The van der Waals surface area contributed by atoms with E-state index in [-0.39, 0.29) is 24.1 Å². The number of hydrogen-bond donors (Lipinski definition) is 1. The van der Waals surface area contributed by atoms with Gasteiger partial charge in [0.15, 0.2) is 0 Å². The quantitative estimate of drug-likeness (QED) is 0.695. The number of fused-ring (bicyclic) bond motifs is 1. The predicted octanol–water partition coefficient (Wildman–Crippen LogP) is 4.21. The molecule has 0 aromatic heterocycles. The summed E-state index contributed by atoms with van der Waals surface area (Å²) in [7, 11) is 0. The molecule has 3 aromatic carbocycles. The molecule has 3 aromatic rings. The van der Waals surface area contributed by atoms with Crippen LogP contribution in [0.5, 0.6) is 0 Å². The molecule has 4 nitrogen and oxygen atoms in total. The van der Waals surface area contributed by atoms with Crippen molar-refractivity contribution in [3.8, 4) is 0 Å². The van der Waals surface area contributed by atoms with Crippen LogP contribution in [0.1, 0.15) is 29.2 Å². The van der Waals surface area contributed by atoms with Gasteiger partial charge in [0.05, 0.1) is 6.42 Å². The standard InChI is InChI=1S/C25H23FN2O2/c26-21-13-6-8-18(16-21)17-23(29)27-24(20-10-2-1-3-11-20)25(30)28-15-7-12-19-9-4-5-14-22(19)28/h1-6,8-11,13-14,16,24H,7,12,15,17H2,(H,27,29)/t24-/m0/s1. The number of aryl methyl sites for hydroxylation is 1. The summed E-state index contributed by atoms with van der Waals surface area (Å²) in [6.07, 6.45) is 1.81. The minimum atomic E-state index is -0.807. The summed E-state index contributed by atoms with van der Waals surface area (Å²) in [5, 5.41) is 2.88. The Bertz CT molecular complexity index is 1050. The minimum Gasteiger partial charge on any atom is -0.340 e. The van der Waals surface area contributed by atoms with Crippen molar-refractivity contribution < 1.29 is 14.0 Å². The van der Waals surface area contributed by atoms with Crippen LogP contribution in [-0.4, -0.2) is 18.4 Å². The number of nitrogens with one attached hydrogen (secondary N) is 1. The minimum absolute atomic E-state index is 0.00492. The van der Waals surface area contributed by atoms with Gasteiger partial charge in [-0.1, -0.05) is 60.7 Å². The largest absolute Gasteiger partial charge is 0.340 e. The number of nitrogens with zero attached hydrogens (tertiary/aromatic N) is 1. The van der Waals surface area contributed by atoms with Crippen LogP contribution in [0.4, 0.5) is 10.1 Å². The molecule has 4 rings (SSSR count). The molecule has 2 amide bonds. The van der Waals surface area contributed by atoms with Crippen molar-refractivity contribution >= 4 is 17.5 Å². The van der Waals surface area contributed by atoms with Crippen molar-refractivity contribution in [1.82, 2.24) is 5.32 Å². The first-order chi connectivity index (χ1) is 14.6. The number of hydrogen-bond acceptors (Lipinski definition) is 2. The summed E-state index contributed by atoms with van der Waals surface area (Å²) in [6, 6.07) is 22.2. The Kier molecular flexibility index (Phi) is 5.89. The van der Waals surface area contributed by atoms with Crippen LogP contribution in [0.3, 0.4) is 0 Å². The Morgan fingerprint density at radius 2 is 1.73 bits per heavy atom. The second-order valence-corrected chi connectivity index (χ2v) is 7.44. The molecule has 0 bridgehead atoms. The van der Waals surface area contributed by atoms with Gasteiger partial charge in [-0.2, -0.15) is 0 Å². The fourth-order valence-corrected chi connectivity index (χ4v) is 3.90. The van der Waals surface area contributed by atoms with E-state index in [0.717, 1.165) is 29.7 Å². The van der Waals surface area contributed by atoms with Gasteiger partial charge >= 0.3 is 0 Å². The summed E-state index contributed by atoms with van der Waals surface area (Å²) in [6.45, 7) is 0.610. The number of halogens is 1. The van der Waals surface area contributed by atoms with Crippen molar-refractivity contribution in [2.24, 2.45) is 0 Å². The third kappa shape index (κ3) is 4.40. The van der Waals surface area contributed by atoms with Gasteiger partial charge in [-0.05, 0) is 47.7 Å². The zero-order valence-corrected chi connectivity index (χ0v) is 16.6. The zero-order valence-electron chi connectivity index (χ0n) is 16.6. The Morgan fingerprint density at radius 3 is 2.53 bits per heavy atom. The molecule has 1 heterocycles. The molecule has 0 saturated carbocycles. The zero-order chi connectivity index (χ0) is 20.9. The number of benzene rings is 3. The van der Waals surface area contributed by atoms with E-state index in [2.05, 4.69) is 5.32 Å². The second kappa shape index (κ2) is 8.91. The Labute approximate surface area is 175 Å². The smallest absolute Gasteiger partial charge is 0.254 e. The van der Waals surface area contributed by atoms with E-state index < -0.39 is 6.04 Å². The van der Waals surface area contributed by atoms with Crippen LogP contribution in [-0.2, 0) is 22.4 Å². The lowest BCUT2D eigenvalue weighted by atomic mass is 9.99. The average molecular weight is 402 g/mol. The molecule has 30 heavy (non-hydrogen) atoms. The number of amides is 2. The number of rotatable bonds is 5. The maximum atomic E-state index is 13.6. The van der Waals surface area contributed by atoms with Crippen LogP contribution in [0.15, 0.2) is 78.9 Å². The molecule has 1 aliphatic heterocycles. The van der Waals surface area contributed by atoms with Crippen LogP contribution < -0.4 is 10.2 Å². The topological polar surface area (TPSA) is 49.4 Å². The van der Waals surface area contributed by atoms with E-state index >= 15 is 0 Å². The van der Waals surface area contributed by atoms with E-state index in [1.807, 2.05) is 54.6 Å². The van der Waals surface area contributed by atoms with Crippen molar-refractivity contribution in [3.05, 3.63) is 101 Å². The molecule has 152 valence electrons. The van der Waals surface area contributed by atoms with Crippen LogP contribution in [0.25, 0.3) is 0 Å². The molecule has 0 saturated heterocycles. The van der Waals surface area contributed by atoms with Gasteiger partial charge in [-0.15, -0.1) is 0 Å². The summed E-state index contributed by atoms with van der Waals surface area (Å²) in [5.41, 5.74) is 3.32. The van der Waals surface area contributed by atoms with Gasteiger partial charge in [-0.25, -0.2) is 4.39 Å². The number of carbonyl (C=O) groups is 2. The fraction of sp³-hybridized carbons (Fsp3) is 0.200. The van der Waals surface area contributed by atoms with Crippen molar-refractivity contribution in [2.45, 2.75) is 25.3 Å². The number of anilines is 1. The molecular formula is C25H23FN2O2. The normalized spacial score (nSPS) is 14.0. The molecule has 0 unspecified atom stereocenters. The van der Waals surface area contributed by atoms with Gasteiger partial charge in [0.2, 0.25) is 5.91 Å². The molecule has 1 atom stereocenters. The van der Waals surface area contributed by atoms with Crippen LogP contribution >= 0.6 is 0 Å². The Morgan fingerprint density at radius 1 is 0.967 bits per heavy atom. The molecule has 0 spiro atoms. The summed E-state index contributed by atoms with van der Waals surface area (Å²) < 4.78 is 13.5. The average Bonchev–Trinajstić information content (AvgIpc) is 2.77. The third-order valence-corrected chi connectivity index (χ3v) is 5.32. The van der Waals surface area contributed by atoms with Crippen LogP contribution in [0, 0.1) is 5.82 Å². The molecule has 5 heteroatoms. The van der Waals surface area contributed by atoms with Gasteiger partial charge in [-0.3, -0.25) is 9.59 Å². The Balaban J connectivity index is 1.59. The highest BCUT2D eigenvalue weighted by molar-refractivity contribution is 6.00. The molecule has 0 radical (unpaired) electrons. The van der Waals surface area contributed by atoms with E-state index in [1.165, 1.54) is 12.1 Å². The van der Waals surface area contributed by atoms with Gasteiger partial charge in [0.1, 0.15) is 11.9 Å². The molecular weight excluding hydrogens is 379 g/mol. The highest BCUT2D eigenvalue weighted by atomic mass is 19.1. The van der Waals surface area contributed by atoms with E-state index in [4.69, 9.17) is 0 Å². The maximum Gasteiger partial charge on any atom is 0.254 e. The van der Waals surface area contributed by atoms with Crippen molar-refractivity contribution in [1.29, 1.82) is 0 Å². The van der Waals surface area contributed by atoms with E-state index in [9.17, 15) is 14.0 Å². The number of carbonyl (C=O) groups excluding carboxylic acids is 2. The monoisotopic (exact) mass is 402 g/mol. The lowest BCUT2D eigenvalue weighted by Gasteiger charge is -2.32. The number of para-hydroxylation sites is 1.